The van der Waals surface area contributed by atoms with Crippen molar-refractivity contribution in [2.75, 3.05) is 13.1 Å². The molecule has 4 amide bonds. The summed E-state index contributed by atoms with van der Waals surface area (Å²) in [6, 6.07) is -0.0933. The molecule has 2 saturated heterocycles. The normalized spacial score (nSPS) is 28.1. The second-order valence-corrected chi connectivity index (χ2v) is 8.24. The molecule has 1 N–H and O–H groups in total. The van der Waals surface area contributed by atoms with Gasteiger partial charge >= 0.3 is 6.03 Å². The summed E-state index contributed by atoms with van der Waals surface area (Å²) in [4.78, 5) is 41.6. The third kappa shape index (κ3) is 3.47. The number of hydrogen-bond donors (Lipinski definition) is 1. The second-order valence-electron chi connectivity index (χ2n) is 8.24. The van der Waals surface area contributed by atoms with E-state index in [1.165, 1.54) is 30.6 Å². The van der Waals surface area contributed by atoms with Crippen molar-refractivity contribution in [1.82, 2.24) is 15.1 Å². The van der Waals surface area contributed by atoms with Gasteiger partial charge in [0.25, 0.3) is 5.91 Å². The van der Waals surface area contributed by atoms with Crippen LogP contribution < -0.4 is 5.32 Å². The van der Waals surface area contributed by atoms with Gasteiger partial charge < -0.3 is 10.2 Å². The summed E-state index contributed by atoms with van der Waals surface area (Å²) in [6.45, 7) is 4.69. The Bertz CT molecular complexity index is 555. The van der Waals surface area contributed by atoms with Crippen LogP contribution in [0.25, 0.3) is 0 Å². The number of urea groups is 1. The van der Waals surface area contributed by atoms with Crippen LogP contribution in [0.4, 0.5) is 4.79 Å². The zero-order valence-electron chi connectivity index (χ0n) is 16.3. The third-order valence-corrected chi connectivity index (χ3v) is 6.46. The van der Waals surface area contributed by atoms with Crippen LogP contribution in [0.3, 0.4) is 0 Å². The molecule has 0 aromatic rings. The number of amides is 4. The lowest BCUT2D eigenvalue weighted by atomic mass is 9.78. The Morgan fingerprint density at radius 1 is 1.08 bits per heavy atom. The first-order valence-electron chi connectivity index (χ1n) is 10.5. The zero-order chi connectivity index (χ0) is 18.7. The van der Waals surface area contributed by atoms with Gasteiger partial charge in [0.15, 0.2) is 0 Å². The first-order chi connectivity index (χ1) is 12.5. The van der Waals surface area contributed by atoms with Crippen LogP contribution in [-0.4, -0.2) is 52.3 Å². The molecule has 3 fully saturated rings. The van der Waals surface area contributed by atoms with Gasteiger partial charge in [0.05, 0.1) is 0 Å². The molecule has 0 unspecified atom stereocenters. The fourth-order valence-corrected chi connectivity index (χ4v) is 5.30. The van der Waals surface area contributed by atoms with E-state index < -0.39 is 11.6 Å². The van der Waals surface area contributed by atoms with Gasteiger partial charge in [-0.25, -0.2) is 4.79 Å². The van der Waals surface area contributed by atoms with E-state index in [1.807, 2.05) is 18.7 Å². The van der Waals surface area contributed by atoms with Gasteiger partial charge in [0.2, 0.25) is 5.91 Å². The Kier molecular flexibility index (Phi) is 5.88. The lowest BCUT2D eigenvalue weighted by Crippen LogP contribution is -2.53. The standard InChI is InChI=1S/C20H33N3O3/c1-3-11-20(12-4-2)18(25)23(19(26)21-20)14-17(24)22-13-7-9-15-8-5-6-10-16(15)22/h15-16H,3-14H2,1-2H3,(H,21,26)/t15-,16+/m1/s1. The summed E-state index contributed by atoms with van der Waals surface area (Å²) in [6.07, 6.45) is 9.83. The number of piperidine rings is 1. The largest absolute Gasteiger partial charge is 0.338 e. The number of likely N-dealkylation sites (tertiary alicyclic amines) is 1. The number of carbonyl (C=O) groups excluding carboxylic acids is 3. The molecule has 26 heavy (non-hydrogen) atoms. The summed E-state index contributed by atoms with van der Waals surface area (Å²) >= 11 is 0. The molecular formula is C20H33N3O3. The van der Waals surface area contributed by atoms with Crippen molar-refractivity contribution in [3.8, 4) is 0 Å². The maximum absolute atomic E-state index is 13.0. The van der Waals surface area contributed by atoms with E-state index in [9.17, 15) is 14.4 Å². The third-order valence-electron chi connectivity index (χ3n) is 6.46. The molecule has 0 spiro atoms. The molecule has 6 heteroatoms. The Labute approximate surface area is 156 Å². The highest BCUT2D eigenvalue weighted by molar-refractivity contribution is 6.09. The minimum absolute atomic E-state index is 0.0612. The maximum Gasteiger partial charge on any atom is 0.325 e. The van der Waals surface area contributed by atoms with E-state index in [2.05, 4.69) is 5.32 Å². The summed E-state index contributed by atoms with van der Waals surface area (Å²) in [5.41, 5.74) is -0.809. The van der Waals surface area contributed by atoms with E-state index >= 15 is 0 Å². The molecule has 1 aliphatic carbocycles. The molecule has 0 bridgehead atoms. The minimum atomic E-state index is -0.809. The number of nitrogens with one attached hydrogen (secondary N) is 1. The van der Waals surface area contributed by atoms with Crippen LogP contribution in [0, 0.1) is 5.92 Å². The molecule has 3 rings (SSSR count). The highest BCUT2D eigenvalue weighted by atomic mass is 16.2. The topological polar surface area (TPSA) is 69.7 Å². The highest BCUT2D eigenvalue weighted by Gasteiger charge is 2.50. The van der Waals surface area contributed by atoms with Gasteiger partial charge in [-0.1, -0.05) is 39.5 Å². The van der Waals surface area contributed by atoms with Gasteiger partial charge in [-0.2, -0.15) is 0 Å². The molecule has 2 heterocycles. The molecule has 1 saturated carbocycles. The number of nitrogens with zero attached hydrogens (tertiary/aromatic N) is 2. The number of rotatable bonds is 6. The summed E-state index contributed by atoms with van der Waals surface area (Å²) in [7, 11) is 0. The van der Waals surface area contributed by atoms with Gasteiger partial charge in [0, 0.05) is 12.6 Å². The van der Waals surface area contributed by atoms with Crippen molar-refractivity contribution >= 4 is 17.8 Å². The molecule has 0 radical (unpaired) electrons. The van der Waals surface area contributed by atoms with E-state index in [0.29, 0.717) is 24.8 Å². The number of hydrogen-bond acceptors (Lipinski definition) is 3. The van der Waals surface area contributed by atoms with E-state index in [4.69, 9.17) is 0 Å². The van der Waals surface area contributed by atoms with Crippen LogP contribution in [0.5, 0.6) is 0 Å². The molecule has 2 aliphatic heterocycles. The highest BCUT2D eigenvalue weighted by Crippen LogP contribution is 2.35. The van der Waals surface area contributed by atoms with E-state index in [0.717, 1.165) is 32.2 Å². The Morgan fingerprint density at radius 2 is 1.73 bits per heavy atom. The maximum atomic E-state index is 13.0. The van der Waals surface area contributed by atoms with Crippen LogP contribution in [0.15, 0.2) is 0 Å². The molecular weight excluding hydrogens is 330 g/mol. The molecule has 3 aliphatic rings. The van der Waals surface area contributed by atoms with Crippen molar-refractivity contribution < 1.29 is 14.4 Å². The first kappa shape index (κ1) is 19.2. The molecule has 2 atom stereocenters. The van der Waals surface area contributed by atoms with Crippen molar-refractivity contribution in [1.29, 1.82) is 0 Å². The number of imide groups is 1. The quantitative estimate of drug-likeness (QED) is 0.737. The van der Waals surface area contributed by atoms with Crippen LogP contribution in [0.1, 0.15) is 78.1 Å². The Hall–Kier alpha value is -1.59. The summed E-state index contributed by atoms with van der Waals surface area (Å²) < 4.78 is 0. The summed E-state index contributed by atoms with van der Waals surface area (Å²) in [5, 5.41) is 2.90. The fraction of sp³-hybridized carbons (Fsp3) is 0.850. The predicted octanol–water partition coefficient (Wildman–Crippen LogP) is 3.06. The number of carbonyl (C=O) groups is 3. The SMILES string of the molecule is CCCC1(CCC)NC(=O)N(CC(=O)N2CCC[C@H]3CCCC[C@@H]32)C1=O. The molecule has 0 aromatic heterocycles. The molecule has 6 nitrogen and oxygen atoms in total. The first-order valence-corrected chi connectivity index (χ1v) is 10.5. The fourth-order valence-electron chi connectivity index (χ4n) is 5.30. The number of fused-ring (bicyclic) bond motifs is 1. The summed E-state index contributed by atoms with van der Waals surface area (Å²) in [5.74, 6) is 0.328. The average Bonchev–Trinajstić information content (AvgIpc) is 2.86. The van der Waals surface area contributed by atoms with Crippen LogP contribution in [-0.2, 0) is 9.59 Å². The Balaban J connectivity index is 1.70. The minimum Gasteiger partial charge on any atom is -0.338 e. The van der Waals surface area contributed by atoms with Gasteiger partial charge in [-0.15, -0.1) is 0 Å². The van der Waals surface area contributed by atoms with Gasteiger partial charge in [-0.05, 0) is 44.4 Å². The van der Waals surface area contributed by atoms with E-state index in [-0.39, 0.29) is 18.4 Å². The van der Waals surface area contributed by atoms with Crippen molar-refractivity contribution in [3.05, 3.63) is 0 Å². The van der Waals surface area contributed by atoms with Crippen molar-refractivity contribution in [3.63, 3.8) is 0 Å². The second kappa shape index (κ2) is 7.97. The smallest absolute Gasteiger partial charge is 0.325 e. The van der Waals surface area contributed by atoms with Crippen molar-refractivity contribution in [2.24, 2.45) is 5.92 Å². The lowest BCUT2D eigenvalue weighted by molar-refractivity contribution is -0.143. The zero-order valence-corrected chi connectivity index (χ0v) is 16.3. The predicted molar refractivity (Wildman–Crippen MR) is 99.5 cm³/mol. The van der Waals surface area contributed by atoms with Crippen molar-refractivity contribution in [2.45, 2.75) is 89.6 Å². The molecule has 0 aromatic carbocycles. The van der Waals surface area contributed by atoms with Gasteiger partial charge in [0.1, 0.15) is 12.1 Å². The Morgan fingerprint density at radius 3 is 2.42 bits per heavy atom. The molecule has 146 valence electrons. The average molecular weight is 364 g/mol. The van der Waals surface area contributed by atoms with E-state index in [1.54, 1.807) is 0 Å². The van der Waals surface area contributed by atoms with Gasteiger partial charge in [-0.3, -0.25) is 14.5 Å². The lowest BCUT2D eigenvalue weighted by Gasteiger charge is -2.44. The van der Waals surface area contributed by atoms with Crippen LogP contribution in [0.2, 0.25) is 0 Å². The monoisotopic (exact) mass is 363 g/mol. The van der Waals surface area contributed by atoms with Crippen LogP contribution >= 0.6 is 0 Å².